The number of aromatic nitrogens is 6. The first-order valence-corrected chi connectivity index (χ1v) is 46.9. The molecule has 126 heavy (non-hydrogen) atoms. The van der Waals surface area contributed by atoms with Gasteiger partial charge in [-0.1, -0.05) is 161 Å². The number of rotatable bonds is 53. The summed E-state index contributed by atoms with van der Waals surface area (Å²) in [6.07, 6.45) is 50.0. The second kappa shape index (κ2) is 49.1. The Balaban J connectivity index is 0.444. The molecule has 6 heterocycles. The molecular weight excluding hydrogens is 1560 g/mol. The van der Waals surface area contributed by atoms with Crippen molar-refractivity contribution in [3.63, 3.8) is 0 Å². The minimum atomic E-state index is -0.0285. The van der Waals surface area contributed by atoms with Crippen molar-refractivity contribution in [1.82, 2.24) is 29.9 Å². The van der Waals surface area contributed by atoms with Crippen molar-refractivity contribution < 1.29 is 37.9 Å². The van der Waals surface area contributed by atoms with Gasteiger partial charge in [0, 0.05) is 48.0 Å². The summed E-state index contributed by atoms with van der Waals surface area (Å²) >= 11 is 0. The Morgan fingerprint density at radius 3 is 0.571 bits per heavy atom. The van der Waals surface area contributed by atoms with Gasteiger partial charge < -0.3 is 37.9 Å². The molecule has 0 atom stereocenters. The first-order chi connectivity index (χ1) is 62.3. The van der Waals surface area contributed by atoms with Gasteiger partial charge in [0.05, 0.1) is 87.0 Å². The summed E-state index contributed by atoms with van der Waals surface area (Å²) in [4.78, 5) is 28.7. The average molecular weight is 1690 g/mol. The Hall–Kier alpha value is -11.9. The highest BCUT2D eigenvalue weighted by molar-refractivity contribution is 5.57. The molecule has 2 saturated carbocycles. The van der Waals surface area contributed by atoms with Gasteiger partial charge in [-0.2, -0.15) is 0 Å². The zero-order valence-electron chi connectivity index (χ0n) is 74.1. The number of nitrogens with zero attached hydrogens (tertiary/aromatic N) is 6. The van der Waals surface area contributed by atoms with Crippen LogP contribution in [-0.4, -0.2) is 82.8 Å². The molecule has 14 rings (SSSR count). The van der Waals surface area contributed by atoms with Crippen LogP contribution in [-0.2, 0) is 49.4 Å². The van der Waals surface area contributed by atoms with Crippen LogP contribution in [0.2, 0.25) is 0 Å². The second-order valence-electron chi connectivity index (χ2n) is 34.0. The first kappa shape index (κ1) is 90.3. The maximum absolute atomic E-state index is 6.34. The van der Waals surface area contributed by atoms with Gasteiger partial charge in [-0.05, 0) is 330 Å². The van der Waals surface area contributed by atoms with Crippen molar-refractivity contribution in [2.45, 2.75) is 216 Å². The van der Waals surface area contributed by atoms with E-state index in [1.165, 1.54) is 133 Å². The molecule has 6 aromatic heterocycles. The lowest BCUT2D eigenvalue weighted by Gasteiger charge is -2.38. The molecule has 654 valence electrons. The van der Waals surface area contributed by atoms with E-state index in [0.717, 1.165) is 222 Å². The smallest absolute Gasteiger partial charge is 0.119 e. The largest absolute Gasteiger partial charge is 0.494 e. The summed E-state index contributed by atoms with van der Waals surface area (Å²) in [6.45, 7) is 12.9. The molecule has 0 radical (unpaired) electrons. The van der Waals surface area contributed by atoms with E-state index in [1.807, 2.05) is 97.9 Å². The molecule has 12 aromatic rings. The second-order valence-corrected chi connectivity index (χ2v) is 34.0. The summed E-state index contributed by atoms with van der Waals surface area (Å²) in [7, 11) is 0. The quantitative estimate of drug-likeness (QED) is 0.0263. The van der Waals surface area contributed by atoms with Gasteiger partial charge in [0.2, 0.25) is 0 Å². The van der Waals surface area contributed by atoms with Crippen LogP contribution in [0.25, 0.3) is 34.2 Å². The highest BCUT2D eigenvalue weighted by Gasteiger charge is 2.37. The van der Waals surface area contributed by atoms with E-state index in [1.54, 1.807) is 0 Å². The summed E-state index contributed by atoms with van der Waals surface area (Å²) in [5.41, 5.74) is 17.7. The van der Waals surface area contributed by atoms with Crippen molar-refractivity contribution in [3.05, 3.63) is 337 Å². The van der Waals surface area contributed by atoms with Crippen molar-refractivity contribution in [3.8, 4) is 80.2 Å². The summed E-state index contributed by atoms with van der Waals surface area (Å²) < 4.78 is 49.2. The number of ether oxygens (including phenoxy) is 8. The number of allylic oxidation sites excluding steroid dienone is 2. The topological polar surface area (TPSA) is 151 Å². The highest BCUT2D eigenvalue weighted by Crippen LogP contribution is 2.48. The lowest BCUT2D eigenvalue weighted by Crippen LogP contribution is -2.30. The van der Waals surface area contributed by atoms with Crippen molar-refractivity contribution in [2.75, 3.05) is 52.9 Å². The third-order valence-corrected chi connectivity index (χ3v) is 24.8. The van der Waals surface area contributed by atoms with Crippen molar-refractivity contribution >= 4 is 0 Å². The average Bonchev–Trinajstić information content (AvgIpc) is 0.773. The van der Waals surface area contributed by atoms with E-state index in [0.29, 0.717) is 39.6 Å². The number of aryl methyl sites for hydroxylation is 6. The van der Waals surface area contributed by atoms with Crippen LogP contribution >= 0.6 is 0 Å². The zero-order chi connectivity index (χ0) is 86.2. The highest BCUT2D eigenvalue weighted by atomic mass is 16.5. The van der Waals surface area contributed by atoms with E-state index < -0.39 is 0 Å². The molecule has 0 aliphatic heterocycles. The van der Waals surface area contributed by atoms with E-state index in [4.69, 9.17) is 67.8 Å². The Labute approximate surface area is 749 Å². The Kier molecular flexibility index (Phi) is 35.2. The number of benzene rings is 6. The third kappa shape index (κ3) is 27.6. The fourth-order valence-corrected chi connectivity index (χ4v) is 17.6. The maximum Gasteiger partial charge on any atom is 0.119 e. The first-order valence-electron chi connectivity index (χ1n) is 46.9. The van der Waals surface area contributed by atoms with Crippen LogP contribution in [0.5, 0.6) is 46.0 Å². The SMILES string of the molecule is C=CCCCCCCOc1ccc(OCCCc2ccc(-c3ccc(CCCOc4ccc(C5(c6ccc(OCCCc7ccc(-c8ccc(CCCOc9ccc(C%10(c%11ccc(OCCCc%12ccc(-c%13ccc(CCCOc%14ccc(OCCCCCCC=C)cc%14)cn%13)nc%12)cc%11)CCCCC%10)cc9)cn8)nc7)cc6)CCCCC5)cc4)cn3)nc2)cc1. The van der Waals surface area contributed by atoms with E-state index in [9.17, 15) is 0 Å². The van der Waals surface area contributed by atoms with Crippen molar-refractivity contribution in [2.24, 2.45) is 0 Å². The molecule has 2 fully saturated rings. The van der Waals surface area contributed by atoms with Gasteiger partial charge in [0.25, 0.3) is 0 Å². The van der Waals surface area contributed by atoms with Crippen LogP contribution < -0.4 is 37.9 Å². The normalized spacial score (nSPS) is 13.4. The van der Waals surface area contributed by atoms with Crippen LogP contribution in [0.1, 0.15) is 223 Å². The Morgan fingerprint density at radius 1 is 0.206 bits per heavy atom. The lowest BCUT2D eigenvalue weighted by atomic mass is 9.65. The molecule has 0 amide bonds. The van der Waals surface area contributed by atoms with Crippen LogP contribution in [0.4, 0.5) is 0 Å². The molecule has 0 bridgehead atoms. The van der Waals surface area contributed by atoms with E-state index in [-0.39, 0.29) is 10.8 Å². The number of unbranched alkanes of at least 4 members (excludes halogenated alkanes) is 8. The maximum atomic E-state index is 6.34. The Morgan fingerprint density at radius 2 is 0.389 bits per heavy atom. The predicted molar refractivity (Wildman–Crippen MR) is 509 cm³/mol. The molecule has 14 heteroatoms. The minimum Gasteiger partial charge on any atom is -0.494 e. The van der Waals surface area contributed by atoms with E-state index >= 15 is 0 Å². The van der Waals surface area contributed by atoms with Gasteiger partial charge >= 0.3 is 0 Å². The fourth-order valence-electron chi connectivity index (χ4n) is 17.6. The van der Waals surface area contributed by atoms with Gasteiger partial charge in [0.1, 0.15) is 46.0 Å². The summed E-state index contributed by atoms with van der Waals surface area (Å²) in [5.74, 6) is 7.11. The third-order valence-electron chi connectivity index (χ3n) is 24.8. The zero-order valence-corrected chi connectivity index (χ0v) is 74.1. The lowest BCUT2D eigenvalue weighted by molar-refractivity contribution is 0.299. The van der Waals surface area contributed by atoms with E-state index in [2.05, 4.69) is 183 Å². The predicted octanol–water partition coefficient (Wildman–Crippen LogP) is 26.7. The monoisotopic (exact) mass is 1680 g/mol. The molecule has 0 saturated heterocycles. The summed E-state index contributed by atoms with van der Waals surface area (Å²) in [5, 5.41) is 0. The Bertz CT molecular complexity index is 4790. The number of hydrogen-bond acceptors (Lipinski definition) is 14. The van der Waals surface area contributed by atoms with Gasteiger partial charge in [-0.15, -0.1) is 13.2 Å². The number of hydrogen-bond donors (Lipinski definition) is 0. The van der Waals surface area contributed by atoms with Crippen LogP contribution in [0.15, 0.2) is 281 Å². The minimum absolute atomic E-state index is 0.0285. The molecule has 0 spiro atoms. The fraction of sp³-hybridized carbons (Fsp3) is 0.375. The van der Waals surface area contributed by atoms with Crippen molar-refractivity contribution in [1.29, 1.82) is 0 Å². The van der Waals surface area contributed by atoms with Gasteiger partial charge in [0.15, 0.2) is 0 Å². The molecule has 2 aliphatic rings. The van der Waals surface area contributed by atoms with Crippen LogP contribution in [0.3, 0.4) is 0 Å². The molecule has 2 aliphatic carbocycles. The summed E-state index contributed by atoms with van der Waals surface area (Å²) in [6, 6.07) is 76.9. The molecule has 6 aromatic carbocycles. The molecule has 14 nitrogen and oxygen atoms in total. The van der Waals surface area contributed by atoms with Gasteiger partial charge in [-0.3, -0.25) is 29.9 Å². The van der Waals surface area contributed by atoms with Crippen LogP contribution in [0, 0.1) is 0 Å². The molecular formula is C112H128N6O8. The molecule has 0 unspecified atom stereocenters. The standard InChI is InChI=1S/C112H128N6O8/c1-3-5-7-9-11-19-73-119-101-55-59-103(60-56-101)125-79-25-31-91-37-67-109(117-85-91)107-65-35-89(83-115-107)29-23-77-123-99-51-43-95(44-52-99)111(69-15-13-16-70-111)93-39-47-97(48-40-93)121-75-21-27-87-33-63-105(113-81-87)106-64-34-88(82-114-106)28-22-76-122-98-49-41-94(42-50-98)112(71-17-14-18-72-112)96-45-53-100(54-46-96)124-78-24-30-90-36-66-108(116-84-90)110-68-38-92(86-118-110)32-26-80-126-104-61-57-102(58-62-104)120-74-20-12-10-8-6-4-2/h3-4,33-68,81-86H,1-2,5-32,69-80H2. The molecule has 0 N–H and O–H groups in total. The number of pyridine rings is 6. The van der Waals surface area contributed by atoms with Gasteiger partial charge in [-0.25, -0.2) is 0 Å².